The molecule has 0 aromatic rings. The summed E-state index contributed by atoms with van der Waals surface area (Å²) >= 11 is 1.89. The van der Waals surface area contributed by atoms with Crippen molar-refractivity contribution in [3.63, 3.8) is 0 Å². The van der Waals surface area contributed by atoms with Crippen LogP contribution in [0.5, 0.6) is 0 Å². The van der Waals surface area contributed by atoms with Gasteiger partial charge in [0.25, 0.3) is 0 Å². The smallest absolute Gasteiger partial charge is 0.315 e. The molecule has 20 heavy (non-hydrogen) atoms. The van der Waals surface area contributed by atoms with Gasteiger partial charge in [-0.3, -0.25) is 4.79 Å². The second-order valence-electron chi connectivity index (χ2n) is 5.23. The highest BCUT2D eigenvalue weighted by atomic mass is 32.2. The van der Waals surface area contributed by atoms with Crippen molar-refractivity contribution in [3.05, 3.63) is 0 Å². The van der Waals surface area contributed by atoms with Crippen molar-refractivity contribution in [2.24, 2.45) is 0 Å². The molecule has 3 unspecified atom stereocenters. The Morgan fingerprint density at radius 3 is 2.70 bits per heavy atom. The number of aliphatic carboxylic acids is 1. The van der Waals surface area contributed by atoms with E-state index in [9.17, 15) is 9.59 Å². The van der Waals surface area contributed by atoms with Gasteiger partial charge in [-0.2, -0.15) is 11.8 Å². The number of carboxylic acid groups (broad SMARTS) is 1. The van der Waals surface area contributed by atoms with E-state index in [0.29, 0.717) is 11.7 Å². The number of carboxylic acids is 1. The second kappa shape index (κ2) is 9.10. The summed E-state index contributed by atoms with van der Waals surface area (Å²) in [4.78, 5) is 22.8. The third-order valence-electron chi connectivity index (χ3n) is 3.54. The minimum absolute atomic E-state index is 0.0148. The number of rotatable bonds is 8. The Labute approximate surface area is 125 Å². The molecule has 0 bridgehead atoms. The molecule has 0 radical (unpaired) electrons. The average Bonchev–Trinajstić information content (AvgIpc) is 2.76. The zero-order chi connectivity index (χ0) is 15.0. The summed E-state index contributed by atoms with van der Waals surface area (Å²) in [5.41, 5.74) is 0. The Morgan fingerprint density at radius 1 is 1.35 bits per heavy atom. The number of nitrogens with one attached hydrogen (secondary N) is 2. The summed E-state index contributed by atoms with van der Waals surface area (Å²) in [5.74, 6) is 0.186. The zero-order valence-corrected chi connectivity index (χ0v) is 13.2. The van der Waals surface area contributed by atoms with E-state index in [0.717, 1.165) is 31.4 Å². The third kappa shape index (κ3) is 6.03. The fourth-order valence-electron chi connectivity index (χ4n) is 2.68. The molecule has 5 nitrogen and oxygen atoms in total. The van der Waals surface area contributed by atoms with E-state index in [4.69, 9.17) is 5.11 Å². The van der Waals surface area contributed by atoms with Gasteiger partial charge < -0.3 is 15.7 Å². The van der Waals surface area contributed by atoms with Gasteiger partial charge in [0.15, 0.2) is 0 Å². The van der Waals surface area contributed by atoms with Crippen LogP contribution in [0.2, 0.25) is 0 Å². The first-order chi connectivity index (χ1) is 9.56. The number of thioether (sulfide) groups is 1. The molecule has 1 fully saturated rings. The van der Waals surface area contributed by atoms with Crippen LogP contribution >= 0.6 is 11.8 Å². The second-order valence-corrected chi connectivity index (χ2v) is 6.75. The zero-order valence-electron chi connectivity index (χ0n) is 12.4. The number of amides is 2. The normalized spacial score (nSPS) is 23.3. The van der Waals surface area contributed by atoms with Crippen LogP contribution in [0.4, 0.5) is 4.79 Å². The standard InChI is InChI=1S/C14H26N2O3S/c1-3-6-10(9-13(17)18)15-14(19)16-11-7-5-8-12(11)20-4-2/h10-12H,3-9H2,1-2H3,(H,17,18)(H2,15,16,19). The predicted octanol–water partition coefficient (Wildman–Crippen LogP) is 2.60. The molecule has 0 saturated heterocycles. The average molecular weight is 302 g/mol. The molecule has 1 saturated carbocycles. The third-order valence-corrected chi connectivity index (χ3v) is 4.87. The minimum atomic E-state index is -0.871. The first-order valence-electron chi connectivity index (χ1n) is 7.47. The number of urea groups is 1. The molecule has 0 aromatic heterocycles. The van der Waals surface area contributed by atoms with Crippen molar-refractivity contribution in [1.29, 1.82) is 0 Å². The lowest BCUT2D eigenvalue weighted by Crippen LogP contribution is -2.48. The fraction of sp³-hybridized carbons (Fsp3) is 0.857. The molecule has 1 rings (SSSR count). The van der Waals surface area contributed by atoms with E-state index < -0.39 is 5.97 Å². The summed E-state index contributed by atoms with van der Waals surface area (Å²) in [6.07, 6.45) is 4.85. The van der Waals surface area contributed by atoms with Crippen LogP contribution in [0.1, 0.15) is 52.4 Å². The maximum atomic E-state index is 12.0. The summed E-state index contributed by atoms with van der Waals surface area (Å²) in [6, 6.07) is -0.290. The predicted molar refractivity (Wildman–Crippen MR) is 82.2 cm³/mol. The Hall–Kier alpha value is -0.910. The molecule has 2 amide bonds. The van der Waals surface area contributed by atoms with Gasteiger partial charge in [0.2, 0.25) is 0 Å². The van der Waals surface area contributed by atoms with E-state index >= 15 is 0 Å². The molecule has 116 valence electrons. The van der Waals surface area contributed by atoms with E-state index in [-0.39, 0.29) is 24.5 Å². The SMILES string of the molecule is CCCC(CC(=O)O)NC(=O)NC1CCCC1SCC. The maximum absolute atomic E-state index is 12.0. The van der Waals surface area contributed by atoms with E-state index in [1.807, 2.05) is 18.7 Å². The highest BCUT2D eigenvalue weighted by molar-refractivity contribution is 7.99. The quantitative estimate of drug-likeness (QED) is 0.644. The first kappa shape index (κ1) is 17.1. The highest BCUT2D eigenvalue weighted by Gasteiger charge is 2.28. The molecule has 1 aliphatic rings. The highest BCUT2D eigenvalue weighted by Crippen LogP contribution is 2.29. The maximum Gasteiger partial charge on any atom is 0.315 e. The fourth-order valence-corrected chi connectivity index (χ4v) is 3.88. The summed E-state index contributed by atoms with van der Waals surface area (Å²) in [7, 11) is 0. The van der Waals surface area contributed by atoms with Gasteiger partial charge in [-0.1, -0.05) is 26.7 Å². The van der Waals surface area contributed by atoms with Crippen molar-refractivity contribution in [1.82, 2.24) is 10.6 Å². The van der Waals surface area contributed by atoms with Gasteiger partial charge in [-0.15, -0.1) is 0 Å². The lowest BCUT2D eigenvalue weighted by molar-refractivity contribution is -0.137. The first-order valence-corrected chi connectivity index (χ1v) is 8.52. The Kier molecular flexibility index (Phi) is 7.80. The van der Waals surface area contributed by atoms with Crippen molar-refractivity contribution < 1.29 is 14.7 Å². The van der Waals surface area contributed by atoms with Crippen LogP contribution in [-0.4, -0.2) is 40.2 Å². The van der Waals surface area contributed by atoms with Gasteiger partial charge in [0.1, 0.15) is 0 Å². The van der Waals surface area contributed by atoms with Gasteiger partial charge >= 0.3 is 12.0 Å². The van der Waals surface area contributed by atoms with Gasteiger partial charge in [0, 0.05) is 17.3 Å². The van der Waals surface area contributed by atoms with Crippen molar-refractivity contribution in [2.45, 2.75) is 69.7 Å². The van der Waals surface area contributed by atoms with E-state index in [1.165, 1.54) is 0 Å². The number of hydrogen-bond donors (Lipinski definition) is 3. The van der Waals surface area contributed by atoms with E-state index in [2.05, 4.69) is 17.6 Å². The number of hydrogen-bond acceptors (Lipinski definition) is 3. The van der Waals surface area contributed by atoms with Crippen LogP contribution in [0.3, 0.4) is 0 Å². The van der Waals surface area contributed by atoms with E-state index in [1.54, 1.807) is 0 Å². The van der Waals surface area contributed by atoms with Crippen LogP contribution in [0.15, 0.2) is 0 Å². The number of carbonyl (C=O) groups is 2. The van der Waals surface area contributed by atoms with Crippen molar-refractivity contribution >= 4 is 23.8 Å². The Morgan fingerprint density at radius 2 is 2.10 bits per heavy atom. The lowest BCUT2D eigenvalue weighted by atomic mass is 10.1. The molecule has 0 aliphatic heterocycles. The summed E-state index contributed by atoms with van der Waals surface area (Å²) in [5, 5.41) is 15.2. The molecular weight excluding hydrogens is 276 g/mol. The summed E-state index contributed by atoms with van der Waals surface area (Å²) < 4.78 is 0. The molecule has 3 N–H and O–H groups in total. The molecule has 1 aliphatic carbocycles. The Bertz CT molecular complexity index is 326. The molecule has 3 atom stereocenters. The van der Waals surface area contributed by atoms with Crippen LogP contribution in [0.25, 0.3) is 0 Å². The van der Waals surface area contributed by atoms with Crippen LogP contribution in [0, 0.1) is 0 Å². The van der Waals surface area contributed by atoms with Gasteiger partial charge in [0.05, 0.1) is 6.42 Å². The summed E-state index contributed by atoms with van der Waals surface area (Å²) in [6.45, 7) is 4.11. The molecule has 6 heteroatoms. The van der Waals surface area contributed by atoms with Crippen molar-refractivity contribution in [2.75, 3.05) is 5.75 Å². The monoisotopic (exact) mass is 302 g/mol. The topological polar surface area (TPSA) is 78.4 Å². The van der Waals surface area contributed by atoms with Crippen LogP contribution in [-0.2, 0) is 4.79 Å². The molecular formula is C14H26N2O3S. The van der Waals surface area contributed by atoms with Crippen molar-refractivity contribution in [3.8, 4) is 0 Å². The van der Waals surface area contributed by atoms with Crippen LogP contribution < -0.4 is 10.6 Å². The molecule has 0 heterocycles. The lowest BCUT2D eigenvalue weighted by Gasteiger charge is -2.23. The number of carbonyl (C=O) groups excluding carboxylic acids is 1. The molecule has 0 aromatic carbocycles. The minimum Gasteiger partial charge on any atom is -0.481 e. The van der Waals surface area contributed by atoms with Gasteiger partial charge in [-0.05, 0) is 25.0 Å². The largest absolute Gasteiger partial charge is 0.481 e. The molecule has 0 spiro atoms. The van der Waals surface area contributed by atoms with Gasteiger partial charge in [-0.25, -0.2) is 4.79 Å². The Balaban J connectivity index is 2.42.